The zero-order valence-electron chi connectivity index (χ0n) is 33.5. The first-order valence-electron chi connectivity index (χ1n) is 21.1. The summed E-state index contributed by atoms with van der Waals surface area (Å²) >= 11 is 0. The Bertz CT molecular complexity index is 1200. The van der Waals surface area contributed by atoms with Gasteiger partial charge in [-0.05, 0) is 127 Å². The number of likely N-dealkylation sites (tertiary alicyclic amines) is 1. The number of amides is 2. The van der Waals surface area contributed by atoms with Crippen molar-refractivity contribution in [3.8, 4) is 0 Å². The van der Waals surface area contributed by atoms with Gasteiger partial charge in [0.05, 0.1) is 18.8 Å². The van der Waals surface area contributed by atoms with Gasteiger partial charge in [-0.1, -0.05) is 33.6 Å². The Morgan fingerprint density at radius 1 is 1.02 bits per heavy atom. The molecule has 5 saturated carbocycles. The standard InChI is InChI=1S/C41H73N5O6/c1-25-33-21-30(41(33,3)4)22-34(25)43-40(50)37-36(26(2)48)35(24-47)52-46(37)23-27-12-11-13-32(38(27)51-7)28-18-29(20-31(19-28)44(5)6)39(49)42-14-17-45-15-9-8-10-16-45/h25-38,47-48H,8-24H2,1-7H3,(H,42,49)(H,43,50)/t25-,26-,27?,28?,29?,30+,31?,32?,33-,34-,35-,36-,37-,38?/m0/s1. The summed E-state index contributed by atoms with van der Waals surface area (Å²) in [5.74, 6) is 1.90. The lowest BCUT2D eigenvalue weighted by atomic mass is 9.45. The molecule has 298 valence electrons. The molecule has 4 N–H and O–H groups in total. The molecule has 0 aromatic rings. The molecule has 0 aromatic carbocycles. The second-order valence-electron chi connectivity index (χ2n) is 18.8. The molecule has 2 saturated heterocycles. The molecule has 11 nitrogen and oxygen atoms in total. The van der Waals surface area contributed by atoms with Crippen molar-refractivity contribution < 1.29 is 29.4 Å². The molecule has 2 amide bonds. The van der Waals surface area contributed by atoms with Crippen LogP contribution in [0.3, 0.4) is 0 Å². The summed E-state index contributed by atoms with van der Waals surface area (Å²) in [7, 11) is 6.09. The van der Waals surface area contributed by atoms with Crippen molar-refractivity contribution in [1.29, 1.82) is 0 Å². The summed E-state index contributed by atoms with van der Waals surface area (Å²) < 4.78 is 6.40. The fraction of sp³-hybridized carbons (Fsp3) is 0.951. The van der Waals surface area contributed by atoms with Gasteiger partial charge in [-0.25, -0.2) is 0 Å². The Labute approximate surface area is 314 Å². The highest BCUT2D eigenvalue weighted by Crippen LogP contribution is 2.61. The third-order valence-corrected chi connectivity index (χ3v) is 15.3. The number of carbonyl (C=O) groups is 2. The molecule has 7 rings (SSSR count). The van der Waals surface area contributed by atoms with Gasteiger partial charge in [-0.3, -0.25) is 14.4 Å². The Morgan fingerprint density at radius 3 is 2.40 bits per heavy atom. The molecule has 7 fully saturated rings. The van der Waals surface area contributed by atoms with Crippen LogP contribution in [0, 0.1) is 52.8 Å². The van der Waals surface area contributed by atoms with Gasteiger partial charge < -0.3 is 35.4 Å². The lowest BCUT2D eigenvalue weighted by Gasteiger charge is -2.62. The van der Waals surface area contributed by atoms with Crippen LogP contribution in [-0.2, 0) is 19.2 Å². The van der Waals surface area contributed by atoms with Crippen molar-refractivity contribution in [2.75, 3.05) is 60.5 Å². The number of aliphatic hydroxyl groups is 2. The number of nitrogens with one attached hydrogen (secondary N) is 2. The van der Waals surface area contributed by atoms with E-state index in [9.17, 15) is 19.8 Å². The Balaban J connectivity index is 1.13. The van der Waals surface area contributed by atoms with Crippen LogP contribution < -0.4 is 10.6 Å². The molecule has 2 aliphatic heterocycles. The average molecular weight is 732 g/mol. The topological polar surface area (TPSA) is 127 Å². The average Bonchev–Trinajstić information content (AvgIpc) is 3.51. The summed E-state index contributed by atoms with van der Waals surface area (Å²) in [5, 5.41) is 29.9. The molecule has 0 radical (unpaired) electrons. The lowest BCUT2D eigenvalue weighted by Crippen LogP contribution is -2.62. The minimum Gasteiger partial charge on any atom is -0.394 e. The Hall–Kier alpha value is -1.34. The van der Waals surface area contributed by atoms with Gasteiger partial charge in [0.25, 0.3) is 0 Å². The van der Waals surface area contributed by atoms with E-state index >= 15 is 0 Å². The normalized spacial score (nSPS) is 41.7. The molecule has 11 heteroatoms. The monoisotopic (exact) mass is 732 g/mol. The van der Waals surface area contributed by atoms with Crippen LogP contribution in [0.4, 0.5) is 0 Å². The van der Waals surface area contributed by atoms with Crippen LogP contribution in [0.5, 0.6) is 0 Å². The van der Waals surface area contributed by atoms with Crippen molar-refractivity contribution in [2.45, 2.75) is 135 Å². The number of nitrogens with zero attached hydrogens (tertiary/aromatic N) is 3. The minimum atomic E-state index is -0.820. The Kier molecular flexibility index (Phi) is 13.3. The smallest absolute Gasteiger partial charge is 0.240 e. The quantitative estimate of drug-likeness (QED) is 0.225. The minimum absolute atomic E-state index is 0.0173. The third-order valence-electron chi connectivity index (χ3n) is 15.3. The molecule has 6 unspecified atom stereocenters. The summed E-state index contributed by atoms with van der Waals surface area (Å²) in [5.41, 5.74) is 0.321. The van der Waals surface area contributed by atoms with Crippen molar-refractivity contribution in [1.82, 2.24) is 25.5 Å². The van der Waals surface area contributed by atoms with Crippen molar-refractivity contribution in [3.63, 3.8) is 0 Å². The maximum atomic E-state index is 14.3. The van der Waals surface area contributed by atoms with Crippen molar-refractivity contribution >= 4 is 11.8 Å². The molecule has 2 heterocycles. The number of hydrogen-bond donors (Lipinski definition) is 4. The SMILES string of the molecule is COC1C(CN2O[C@@H](CO)[C@H]([C@H](C)O)[C@H]2C(=O)N[C@H]2C[C@H]3C[C@@H]([C@@H]2C)C3(C)C)CCCC1C1CC(C(=O)NCCN2CCCCC2)CC(N(C)C)C1. The van der Waals surface area contributed by atoms with E-state index in [1.807, 2.05) is 7.11 Å². The number of aliphatic hydroxyl groups excluding tert-OH is 2. The van der Waals surface area contributed by atoms with Gasteiger partial charge >= 0.3 is 0 Å². The molecule has 0 spiro atoms. The Morgan fingerprint density at radius 2 is 1.77 bits per heavy atom. The van der Waals surface area contributed by atoms with E-state index in [1.165, 1.54) is 25.7 Å². The first-order valence-corrected chi connectivity index (χ1v) is 21.1. The fourth-order valence-corrected chi connectivity index (χ4v) is 12.1. The van der Waals surface area contributed by atoms with E-state index in [-0.39, 0.29) is 42.4 Å². The van der Waals surface area contributed by atoms with Crippen LogP contribution in [0.15, 0.2) is 0 Å². The van der Waals surface area contributed by atoms with E-state index in [1.54, 1.807) is 12.0 Å². The van der Waals surface area contributed by atoms with Crippen LogP contribution in [-0.4, -0.2) is 134 Å². The maximum absolute atomic E-state index is 14.3. The third kappa shape index (κ3) is 8.41. The molecule has 14 atom stereocenters. The molecular weight excluding hydrogens is 658 g/mol. The van der Waals surface area contributed by atoms with Gasteiger partial charge in [0.15, 0.2) is 0 Å². The molecule has 2 bridgehead atoms. The molecule has 5 aliphatic carbocycles. The maximum Gasteiger partial charge on any atom is 0.240 e. The number of rotatable bonds is 13. The number of methoxy groups -OCH3 is 1. The van der Waals surface area contributed by atoms with Gasteiger partial charge in [0, 0.05) is 56.6 Å². The first-order chi connectivity index (χ1) is 24.8. The van der Waals surface area contributed by atoms with E-state index in [2.05, 4.69) is 55.3 Å². The highest BCUT2D eigenvalue weighted by atomic mass is 16.7. The zero-order valence-corrected chi connectivity index (χ0v) is 33.5. The number of hydrogen-bond acceptors (Lipinski definition) is 9. The number of carbonyl (C=O) groups excluding carboxylic acids is 2. The summed E-state index contributed by atoms with van der Waals surface area (Å²) in [6, 6.07) is -0.259. The van der Waals surface area contributed by atoms with Gasteiger partial charge in [-0.2, -0.15) is 5.06 Å². The van der Waals surface area contributed by atoms with E-state index in [4.69, 9.17) is 9.57 Å². The summed E-state index contributed by atoms with van der Waals surface area (Å²) in [4.78, 5) is 39.1. The molecule has 52 heavy (non-hydrogen) atoms. The van der Waals surface area contributed by atoms with Crippen LogP contribution in [0.2, 0.25) is 0 Å². The van der Waals surface area contributed by atoms with Crippen LogP contribution >= 0.6 is 0 Å². The van der Waals surface area contributed by atoms with E-state index in [0.717, 1.165) is 64.6 Å². The van der Waals surface area contributed by atoms with Crippen molar-refractivity contribution in [2.24, 2.45) is 52.8 Å². The molecule has 0 aromatic heterocycles. The van der Waals surface area contributed by atoms with E-state index < -0.39 is 24.2 Å². The van der Waals surface area contributed by atoms with Crippen molar-refractivity contribution in [3.05, 3.63) is 0 Å². The largest absolute Gasteiger partial charge is 0.394 e. The van der Waals surface area contributed by atoms with Crippen LogP contribution in [0.1, 0.15) is 98.3 Å². The van der Waals surface area contributed by atoms with Gasteiger partial charge in [0.1, 0.15) is 12.1 Å². The lowest BCUT2D eigenvalue weighted by molar-refractivity contribution is -0.193. The van der Waals surface area contributed by atoms with Gasteiger partial charge in [-0.15, -0.1) is 0 Å². The highest BCUT2D eigenvalue weighted by Gasteiger charge is 2.58. The second-order valence-corrected chi connectivity index (χ2v) is 18.8. The predicted octanol–water partition coefficient (Wildman–Crippen LogP) is 3.53. The van der Waals surface area contributed by atoms with Crippen LogP contribution in [0.25, 0.3) is 0 Å². The van der Waals surface area contributed by atoms with Gasteiger partial charge in [0.2, 0.25) is 11.8 Å². The zero-order chi connectivity index (χ0) is 37.3. The number of ether oxygens (including phenoxy) is 1. The van der Waals surface area contributed by atoms with E-state index in [0.29, 0.717) is 54.1 Å². The number of piperidine rings is 1. The summed E-state index contributed by atoms with van der Waals surface area (Å²) in [6.45, 7) is 12.9. The first kappa shape index (κ1) is 40.3. The fourth-order valence-electron chi connectivity index (χ4n) is 12.1. The predicted molar refractivity (Wildman–Crippen MR) is 202 cm³/mol. The highest BCUT2D eigenvalue weighted by molar-refractivity contribution is 5.83. The molecule has 7 aliphatic rings. The molecular formula is C41H73N5O6. The number of fused-ring (bicyclic) bond motifs is 2. The summed E-state index contributed by atoms with van der Waals surface area (Å²) in [6.07, 6.45) is 10.4. The number of hydroxylamine groups is 2. The second kappa shape index (κ2) is 17.2.